The summed E-state index contributed by atoms with van der Waals surface area (Å²) >= 11 is 6.12. The summed E-state index contributed by atoms with van der Waals surface area (Å²) in [7, 11) is 0. The third-order valence-electron chi connectivity index (χ3n) is 6.47. The van der Waals surface area contributed by atoms with Gasteiger partial charge in [0, 0.05) is 29.1 Å². The second kappa shape index (κ2) is 7.24. The number of carbonyl (C=O) groups is 1. The number of benzene rings is 1. The number of hydrogen-bond donors (Lipinski definition) is 1. The fraction of sp³-hybridized carbons (Fsp3) is 0.650. The monoisotopic (exact) mass is 364 g/mol. The second-order valence-corrected chi connectivity index (χ2v) is 8.45. The van der Waals surface area contributed by atoms with Gasteiger partial charge in [0.2, 0.25) is 5.91 Å². The average molecular weight is 365 g/mol. The van der Waals surface area contributed by atoms with Gasteiger partial charge in [0.05, 0.1) is 0 Å². The Balaban J connectivity index is 1.27. The normalized spacial score (nSPS) is 29.9. The highest BCUT2D eigenvalue weighted by molar-refractivity contribution is 6.31. The molecule has 2 bridgehead atoms. The predicted molar refractivity (Wildman–Crippen MR) is 96.8 cm³/mol. The lowest BCUT2D eigenvalue weighted by molar-refractivity contribution is -0.127. The first kappa shape index (κ1) is 17.3. The molecule has 3 nitrogen and oxygen atoms in total. The predicted octanol–water partition coefficient (Wildman–Crippen LogP) is 4.00. The van der Waals surface area contributed by atoms with E-state index in [1.54, 1.807) is 12.1 Å². The minimum absolute atomic E-state index is 0.103. The largest absolute Gasteiger partial charge is 0.353 e. The minimum atomic E-state index is -0.247. The summed E-state index contributed by atoms with van der Waals surface area (Å²) in [6, 6.07) is 5.24. The van der Waals surface area contributed by atoms with Crippen LogP contribution in [0.3, 0.4) is 0 Å². The van der Waals surface area contributed by atoms with Gasteiger partial charge in [0.25, 0.3) is 0 Å². The molecule has 1 aromatic rings. The molecule has 1 amide bonds. The molecule has 1 heterocycles. The molecule has 2 aliphatic carbocycles. The van der Waals surface area contributed by atoms with Crippen LogP contribution in [0.1, 0.15) is 44.1 Å². The van der Waals surface area contributed by atoms with E-state index in [2.05, 4.69) is 10.2 Å². The Hall–Kier alpha value is -1.13. The molecular formula is C20H26ClFN2O. The lowest BCUT2D eigenvalue weighted by Gasteiger charge is -2.33. The molecule has 3 fully saturated rings. The molecule has 2 saturated carbocycles. The highest BCUT2D eigenvalue weighted by Gasteiger charge is 2.40. The van der Waals surface area contributed by atoms with E-state index in [0.717, 1.165) is 37.8 Å². The first-order valence-electron chi connectivity index (χ1n) is 9.56. The maximum atomic E-state index is 13.9. The molecule has 1 aromatic carbocycles. The first-order chi connectivity index (χ1) is 12.1. The zero-order valence-electron chi connectivity index (χ0n) is 14.5. The van der Waals surface area contributed by atoms with E-state index >= 15 is 0 Å². The summed E-state index contributed by atoms with van der Waals surface area (Å²) in [5.41, 5.74) is 0.564. The molecule has 25 heavy (non-hydrogen) atoms. The topological polar surface area (TPSA) is 32.3 Å². The summed E-state index contributed by atoms with van der Waals surface area (Å²) in [5, 5.41) is 3.81. The summed E-state index contributed by atoms with van der Waals surface area (Å²) < 4.78 is 13.9. The summed E-state index contributed by atoms with van der Waals surface area (Å²) in [6.07, 6.45) is 6.83. The van der Waals surface area contributed by atoms with Crippen LogP contribution in [0, 0.1) is 23.6 Å². The van der Waals surface area contributed by atoms with Crippen LogP contribution < -0.4 is 5.32 Å². The molecule has 0 spiro atoms. The van der Waals surface area contributed by atoms with Crippen molar-refractivity contribution < 1.29 is 9.18 Å². The van der Waals surface area contributed by atoms with Gasteiger partial charge in [-0.1, -0.05) is 24.1 Å². The summed E-state index contributed by atoms with van der Waals surface area (Å²) in [4.78, 5) is 14.8. The van der Waals surface area contributed by atoms with Crippen LogP contribution in [0.25, 0.3) is 0 Å². The van der Waals surface area contributed by atoms with Crippen LogP contribution in [0.4, 0.5) is 4.39 Å². The number of carbonyl (C=O) groups excluding carboxylic acids is 1. The van der Waals surface area contributed by atoms with Crippen LogP contribution in [-0.4, -0.2) is 29.9 Å². The molecule has 3 aliphatic rings. The lowest BCUT2D eigenvalue weighted by atomic mass is 9.92. The Labute approximate surface area is 153 Å². The van der Waals surface area contributed by atoms with Gasteiger partial charge in [-0.05, 0) is 69.2 Å². The molecule has 3 atom stereocenters. The van der Waals surface area contributed by atoms with E-state index < -0.39 is 0 Å². The zero-order valence-corrected chi connectivity index (χ0v) is 15.3. The molecule has 136 valence electrons. The quantitative estimate of drug-likeness (QED) is 0.875. The Morgan fingerprint density at radius 2 is 2.00 bits per heavy atom. The van der Waals surface area contributed by atoms with Crippen LogP contribution in [0.5, 0.6) is 0 Å². The Bertz CT molecular complexity index is 624. The van der Waals surface area contributed by atoms with Crippen molar-refractivity contribution in [3.8, 4) is 0 Å². The van der Waals surface area contributed by atoms with E-state index in [-0.39, 0.29) is 17.6 Å². The molecule has 4 rings (SSSR count). The number of hydrogen-bond acceptors (Lipinski definition) is 2. The van der Waals surface area contributed by atoms with Gasteiger partial charge >= 0.3 is 0 Å². The minimum Gasteiger partial charge on any atom is -0.353 e. The lowest BCUT2D eigenvalue weighted by Crippen LogP contribution is -2.45. The molecule has 0 radical (unpaired) electrons. The molecule has 1 N–H and O–H groups in total. The van der Waals surface area contributed by atoms with Gasteiger partial charge in [-0.25, -0.2) is 4.39 Å². The van der Waals surface area contributed by atoms with E-state index in [1.165, 1.54) is 31.7 Å². The maximum absolute atomic E-state index is 13.9. The molecule has 1 aliphatic heterocycles. The highest BCUT2D eigenvalue weighted by Crippen LogP contribution is 2.44. The number of rotatable bonds is 4. The van der Waals surface area contributed by atoms with Gasteiger partial charge < -0.3 is 5.32 Å². The van der Waals surface area contributed by atoms with Crippen LogP contribution in [0.15, 0.2) is 18.2 Å². The first-order valence-corrected chi connectivity index (χ1v) is 9.93. The maximum Gasteiger partial charge on any atom is 0.223 e. The number of amides is 1. The highest BCUT2D eigenvalue weighted by atomic mass is 35.5. The zero-order chi connectivity index (χ0) is 17.4. The number of likely N-dealkylation sites (tertiary alicyclic amines) is 1. The number of nitrogens with zero attached hydrogens (tertiary/aromatic N) is 1. The van der Waals surface area contributed by atoms with Crippen molar-refractivity contribution in [3.05, 3.63) is 34.6 Å². The average Bonchev–Trinajstić information content (AvgIpc) is 3.22. The molecule has 0 aromatic heterocycles. The Morgan fingerprint density at radius 1 is 1.20 bits per heavy atom. The van der Waals surface area contributed by atoms with E-state index in [0.29, 0.717) is 23.2 Å². The van der Waals surface area contributed by atoms with Crippen molar-refractivity contribution in [2.24, 2.45) is 17.8 Å². The number of nitrogens with one attached hydrogen (secondary N) is 1. The van der Waals surface area contributed by atoms with Gasteiger partial charge in [0.1, 0.15) is 5.82 Å². The Morgan fingerprint density at radius 3 is 2.64 bits per heavy atom. The van der Waals surface area contributed by atoms with Gasteiger partial charge in [-0.3, -0.25) is 9.69 Å². The van der Waals surface area contributed by atoms with Crippen molar-refractivity contribution in [2.75, 3.05) is 13.1 Å². The molecule has 5 heteroatoms. The van der Waals surface area contributed by atoms with Crippen molar-refractivity contribution in [2.45, 2.75) is 51.1 Å². The molecule has 1 saturated heterocycles. The van der Waals surface area contributed by atoms with Gasteiger partial charge in [-0.2, -0.15) is 0 Å². The van der Waals surface area contributed by atoms with Crippen LogP contribution in [-0.2, 0) is 11.3 Å². The second-order valence-electron chi connectivity index (χ2n) is 8.04. The van der Waals surface area contributed by atoms with Gasteiger partial charge in [0.15, 0.2) is 0 Å². The number of piperidine rings is 1. The molecular weight excluding hydrogens is 339 g/mol. The third-order valence-corrected chi connectivity index (χ3v) is 6.82. The summed E-state index contributed by atoms with van der Waals surface area (Å²) in [5.74, 6) is 1.66. The van der Waals surface area contributed by atoms with Crippen LogP contribution >= 0.6 is 11.6 Å². The van der Waals surface area contributed by atoms with Gasteiger partial charge in [-0.15, -0.1) is 0 Å². The smallest absolute Gasteiger partial charge is 0.223 e. The number of fused-ring (bicyclic) bond motifs is 2. The van der Waals surface area contributed by atoms with Crippen molar-refractivity contribution in [1.29, 1.82) is 0 Å². The SMILES string of the molecule is O=C(NC1CC2CCC1C2)C1CCN(Cc2c(F)cccc2Cl)CC1. The van der Waals surface area contributed by atoms with Crippen molar-refractivity contribution >= 4 is 17.5 Å². The summed E-state index contributed by atoms with van der Waals surface area (Å²) in [6.45, 7) is 2.16. The Kier molecular flexibility index (Phi) is 5.01. The van der Waals surface area contributed by atoms with E-state index in [1.807, 2.05) is 0 Å². The van der Waals surface area contributed by atoms with Crippen molar-refractivity contribution in [1.82, 2.24) is 10.2 Å². The van der Waals surface area contributed by atoms with E-state index in [4.69, 9.17) is 11.6 Å². The van der Waals surface area contributed by atoms with Crippen molar-refractivity contribution in [3.63, 3.8) is 0 Å². The number of halogens is 2. The standard InChI is InChI=1S/C20H26ClFN2O/c21-17-2-1-3-18(22)16(17)12-24-8-6-14(7-9-24)20(25)23-19-11-13-4-5-15(19)10-13/h1-3,13-15,19H,4-12H2,(H,23,25). The van der Waals surface area contributed by atoms with E-state index in [9.17, 15) is 9.18 Å². The fourth-order valence-electron chi connectivity index (χ4n) is 4.98. The van der Waals surface area contributed by atoms with Crippen LogP contribution in [0.2, 0.25) is 5.02 Å². The third kappa shape index (κ3) is 3.70. The fourth-order valence-corrected chi connectivity index (χ4v) is 5.21. The molecule has 3 unspecified atom stereocenters.